The molecule has 1 fully saturated rings. The van der Waals surface area contributed by atoms with E-state index in [-0.39, 0.29) is 24.5 Å². The maximum atomic E-state index is 12.3. The number of pyridine rings is 1. The Morgan fingerprint density at radius 2 is 1.85 bits per heavy atom. The third-order valence-corrected chi connectivity index (χ3v) is 4.53. The van der Waals surface area contributed by atoms with Crippen molar-refractivity contribution in [1.29, 1.82) is 0 Å². The van der Waals surface area contributed by atoms with Crippen molar-refractivity contribution in [1.82, 2.24) is 15.2 Å². The summed E-state index contributed by atoms with van der Waals surface area (Å²) in [4.78, 5) is 30.2. The third-order valence-electron chi connectivity index (χ3n) is 4.53. The van der Waals surface area contributed by atoms with Crippen LogP contribution in [0, 0.1) is 0 Å². The summed E-state index contributed by atoms with van der Waals surface area (Å²) in [5, 5.41) is 3.00. The zero-order valence-electron chi connectivity index (χ0n) is 15.3. The van der Waals surface area contributed by atoms with Crippen molar-refractivity contribution < 1.29 is 19.1 Å². The summed E-state index contributed by atoms with van der Waals surface area (Å²) in [6.45, 7) is 1.20. The summed E-state index contributed by atoms with van der Waals surface area (Å²) in [5.41, 5.74) is 0.545. The number of nitrogens with zero attached hydrogens (tertiary/aromatic N) is 2. The number of methoxy groups -OCH3 is 1. The molecule has 0 radical (unpaired) electrons. The number of amides is 2. The van der Waals surface area contributed by atoms with Gasteiger partial charge in [0.05, 0.1) is 12.7 Å². The zero-order chi connectivity index (χ0) is 19.1. The van der Waals surface area contributed by atoms with E-state index in [1.54, 1.807) is 60.8 Å². The van der Waals surface area contributed by atoms with Crippen molar-refractivity contribution in [2.24, 2.45) is 0 Å². The van der Waals surface area contributed by atoms with Crippen LogP contribution in [-0.4, -0.2) is 54.5 Å². The minimum absolute atomic E-state index is 0.000953. The van der Waals surface area contributed by atoms with Gasteiger partial charge in [-0.2, -0.15) is 0 Å². The zero-order valence-corrected chi connectivity index (χ0v) is 15.3. The number of rotatable bonds is 6. The maximum absolute atomic E-state index is 12.3. The SMILES string of the molecule is COc1ccc(OCC(=O)N2CCC(NC(=O)c3cccnc3)CC2)cc1. The Morgan fingerprint density at radius 3 is 2.48 bits per heavy atom. The minimum atomic E-state index is -0.129. The third kappa shape index (κ3) is 5.20. The molecule has 0 atom stereocenters. The summed E-state index contributed by atoms with van der Waals surface area (Å²) < 4.78 is 10.6. The first-order valence-electron chi connectivity index (χ1n) is 8.91. The van der Waals surface area contributed by atoms with E-state index in [0.29, 0.717) is 24.4 Å². The summed E-state index contributed by atoms with van der Waals surface area (Å²) in [5.74, 6) is 1.19. The summed E-state index contributed by atoms with van der Waals surface area (Å²) >= 11 is 0. The lowest BCUT2D eigenvalue weighted by molar-refractivity contribution is -0.134. The molecule has 0 aliphatic carbocycles. The number of carbonyl (C=O) groups excluding carboxylic acids is 2. The molecular formula is C20H23N3O4. The first-order valence-corrected chi connectivity index (χ1v) is 8.91. The van der Waals surface area contributed by atoms with Crippen LogP contribution in [-0.2, 0) is 4.79 Å². The molecule has 2 aromatic rings. The van der Waals surface area contributed by atoms with Gasteiger partial charge in [0.1, 0.15) is 11.5 Å². The van der Waals surface area contributed by atoms with Crippen LogP contribution >= 0.6 is 0 Å². The molecule has 1 aliphatic rings. The molecule has 1 aromatic heterocycles. The van der Waals surface area contributed by atoms with Crippen molar-refractivity contribution in [2.45, 2.75) is 18.9 Å². The predicted molar refractivity (Wildman–Crippen MR) is 99.8 cm³/mol. The van der Waals surface area contributed by atoms with Gasteiger partial charge in [0.25, 0.3) is 11.8 Å². The van der Waals surface area contributed by atoms with Gasteiger partial charge in [0.2, 0.25) is 0 Å². The quantitative estimate of drug-likeness (QED) is 0.841. The van der Waals surface area contributed by atoms with Crippen molar-refractivity contribution in [2.75, 3.05) is 26.8 Å². The number of ether oxygens (including phenoxy) is 2. The fourth-order valence-corrected chi connectivity index (χ4v) is 2.95. The van der Waals surface area contributed by atoms with Crippen LogP contribution in [0.2, 0.25) is 0 Å². The van der Waals surface area contributed by atoms with E-state index in [0.717, 1.165) is 18.6 Å². The smallest absolute Gasteiger partial charge is 0.260 e. The van der Waals surface area contributed by atoms with E-state index in [9.17, 15) is 9.59 Å². The average molecular weight is 369 g/mol. The van der Waals surface area contributed by atoms with E-state index < -0.39 is 0 Å². The molecule has 2 amide bonds. The molecule has 7 nitrogen and oxygen atoms in total. The highest BCUT2D eigenvalue weighted by Crippen LogP contribution is 2.17. The lowest BCUT2D eigenvalue weighted by Gasteiger charge is -2.32. The molecule has 27 heavy (non-hydrogen) atoms. The van der Waals surface area contributed by atoms with E-state index in [2.05, 4.69) is 10.3 Å². The van der Waals surface area contributed by atoms with Gasteiger partial charge in [-0.3, -0.25) is 14.6 Å². The summed E-state index contributed by atoms with van der Waals surface area (Å²) in [7, 11) is 1.60. The monoisotopic (exact) mass is 369 g/mol. The van der Waals surface area contributed by atoms with Gasteiger partial charge < -0.3 is 19.7 Å². The van der Waals surface area contributed by atoms with Crippen molar-refractivity contribution in [3.63, 3.8) is 0 Å². The number of carbonyl (C=O) groups is 2. The predicted octanol–water partition coefficient (Wildman–Crippen LogP) is 1.89. The van der Waals surface area contributed by atoms with Gasteiger partial charge in [-0.25, -0.2) is 0 Å². The Hall–Kier alpha value is -3.09. The minimum Gasteiger partial charge on any atom is -0.497 e. The second kappa shape index (κ2) is 9.02. The van der Waals surface area contributed by atoms with E-state index in [4.69, 9.17) is 9.47 Å². The lowest BCUT2D eigenvalue weighted by Crippen LogP contribution is -2.47. The number of hydrogen-bond donors (Lipinski definition) is 1. The van der Waals surface area contributed by atoms with Gasteiger partial charge >= 0.3 is 0 Å². The maximum Gasteiger partial charge on any atom is 0.260 e. The highest BCUT2D eigenvalue weighted by atomic mass is 16.5. The Morgan fingerprint density at radius 1 is 1.15 bits per heavy atom. The van der Waals surface area contributed by atoms with Gasteiger partial charge in [-0.1, -0.05) is 0 Å². The number of aromatic nitrogens is 1. The number of nitrogens with one attached hydrogen (secondary N) is 1. The highest BCUT2D eigenvalue weighted by Gasteiger charge is 2.24. The Kier molecular flexibility index (Phi) is 6.25. The van der Waals surface area contributed by atoms with Crippen LogP contribution in [0.5, 0.6) is 11.5 Å². The fraction of sp³-hybridized carbons (Fsp3) is 0.350. The summed E-state index contributed by atoms with van der Waals surface area (Å²) in [6.07, 6.45) is 4.62. The molecule has 3 rings (SSSR count). The van der Waals surface area contributed by atoms with Crippen molar-refractivity contribution in [3.8, 4) is 11.5 Å². The molecule has 142 valence electrons. The molecule has 0 saturated carbocycles. The molecule has 0 unspecified atom stereocenters. The van der Waals surface area contributed by atoms with E-state index in [1.165, 1.54) is 0 Å². The number of hydrogen-bond acceptors (Lipinski definition) is 5. The number of benzene rings is 1. The average Bonchev–Trinajstić information content (AvgIpc) is 2.73. The highest BCUT2D eigenvalue weighted by molar-refractivity contribution is 5.94. The molecule has 1 aliphatic heterocycles. The molecular weight excluding hydrogens is 346 g/mol. The van der Waals surface area contributed by atoms with Gasteiger partial charge in [0, 0.05) is 31.5 Å². The topological polar surface area (TPSA) is 80.8 Å². The molecule has 7 heteroatoms. The second-order valence-electron chi connectivity index (χ2n) is 6.33. The molecule has 1 saturated heterocycles. The van der Waals surface area contributed by atoms with E-state index >= 15 is 0 Å². The number of piperidine rings is 1. The lowest BCUT2D eigenvalue weighted by atomic mass is 10.0. The Bertz CT molecular complexity index is 757. The Balaban J connectivity index is 1.41. The van der Waals surface area contributed by atoms with Crippen LogP contribution in [0.15, 0.2) is 48.8 Å². The van der Waals surface area contributed by atoms with E-state index in [1.807, 2.05) is 0 Å². The molecule has 0 bridgehead atoms. The van der Waals surface area contributed by atoms with Gasteiger partial charge in [0.15, 0.2) is 6.61 Å². The first kappa shape index (κ1) is 18.7. The van der Waals surface area contributed by atoms with Gasteiger partial charge in [-0.05, 0) is 49.2 Å². The normalized spacial score (nSPS) is 14.5. The summed E-state index contributed by atoms with van der Waals surface area (Å²) in [6, 6.07) is 10.6. The van der Waals surface area contributed by atoms with Crippen LogP contribution in [0.25, 0.3) is 0 Å². The van der Waals surface area contributed by atoms with Crippen LogP contribution < -0.4 is 14.8 Å². The largest absolute Gasteiger partial charge is 0.497 e. The second-order valence-corrected chi connectivity index (χ2v) is 6.33. The van der Waals surface area contributed by atoms with Crippen LogP contribution in [0.3, 0.4) is 0 Å². The fourth-order valence-electron chi connectivity index (χ4n) is 2.95. The molecule has 2 heterocycles. The van der Waals surface area contributed by atoms with Crippen LogP contribution in [0.1, 0.15) is 23.2 Å². The molecule has 0 spiro atoms. The number of likely N-dealkylation sites (tertiary alicyclic amines) is 1. The van der Waals surface area contributed by atoms with Crippen molar-refractivity contribution >= 4 is 11.8 Å². The first-order chi connectivity index (χ1) is 13.2. The Labute approximate surface area is 158 Å². The standard InChI is InChI=1S/C20H23N3O4/c1-26-17-4-6-18(7-5-17)27-14-19(24)23-11-8-16(9-12-23)22-20(25)15-3-2-10-21-13-15/h2-7,10,13,16H,8-9,11-12,14H2,1H3,(H,22,25). The molecule has 1 N–H and O–H groups in total. The molecule has 1 aromatic carbocycles. The van der Waals surface area contributed by atoms with Crippen molar-refractivity contribution in [3.05, 3.63) is 54.4 Å². The van der Waals surface area contributed by atoms with Gasteiger partial charge in [-0.15, -0.1) is 0 Å². The van der Waals surface area contributed by atoms with Crippen LogP contribution in [0.4, 0.5) is 0 Å².